The number of carbonyl (C=O) groups excluding carboxylic acids is 1. The summed E-state index contributed by atoms with van der Waals surface area (Å²) in [5, 5.41) is 15.7. The van der Waals surface area contributed by atoms with Gasteiger partial charge in [0, 0.05) is 22.7 Å². The van der Waals surface area contributed by atoms with Gasteiger partial charge in [-0.3, -0.25) is 14.9 Å². The van der Waals surface area contributed by atoms with Crippen molar-refractivity contribution in [3.63, 3.8) is 0 Å². The first-order chi connectivity index (χ1) is 14.7. The number of nitrogens with one attached hydrogen (secondary N) is 1. The second-order valence-corrected chi connectivity index (χ2v) is 7.42. The lowest BCUT2D eigenvalue weighted by molar-refractivity contribution is -0.385. The van der Waals surface area contributed by atoms with E-state index in [-0.39, 0.29) is 12.3 Å². The van der Waals surface area contributed by atoms with E-state index in [0.717, 1.165) is 0 Å². The highest BCUT2D eigenvalue weighted by molar-refractivity contribution is 6.36. The molecule has 0 fully saturated rings. The van der Waals surface area contributed by atoms with Crippen molar-refractivity contribution in [1.29, 1.82) is 0 Å². The third-order valence-electron chi connectivity index (χ3n) is 4.21. The molecule has 3 aromatic rings. The van der Waals surface area contributed by atoms with Crippen LogP contribution in [0.3, 0.4) is 0 Å². The fraction of sp³-hybridized carbons (Fsp3) is 0.143. The fourth-order valence-corrected chi connectivity index (χ4v) is 3.36. The molecular formula is C21H17Cl2N3O5. The first-order valence-corrected chi connectivity index (χ1v) is 9.76. The van der Waals surface area contributed by atoms with Crippen LogP contribution in [0.2, 0.25) is 10.0 Å². The van der Waals surface area contributed by atoms with Gasteiger partial charge in [0.1, 0.15) is 17.3 Å². The van der Waals surface area contributed by atoms with Gasteiger partial charge in [-0.15, -0.1) is 0 Å². The highest BCUT2D eigenvalue weighted by Gasteiger charge is 2.14. The summed E-state index contributed by atoms with van der Waals surface area (Å²) in [7, 11) is 0. The minimum absolute atomic E-state index is 0.0332. The van der Waals surface area contributed by atoms with E-state index in [1.165, 1.54) is 18.3 Å². The molecule has 0 unspecified atom stereocenters. The Kier molecular flexibility index (Phi) is 6.94. The van der Waals surface area contributed by atoms with Crippen molar-refractivity contribution in [2.75, 3.05) is 6.61 Å². The minimum atomic E-state index is -0.499. The van der Waals surface area contributed by atoms with E-state index >= 15 is 0 Å². The van der Waals surface area contributed by atoms with Crippen LogP contribution in [0.4, 0.5) is 5.69 Å². The summed E-state index contributed by atoms with van der Waals surface area (Å²) < 4.78 is 11.1. The number of nitro benzene ring substituents is 1. The van der Waals surface area contributed by atoms with Gasteiger partial charge in [0.15, 0.2) is 6.61 Å². The lowest BCUT2D eigenvalue weighted by atomic mass is 10.1. The zero-order valence-electron chi connectivity index (χ0n) is 16.5. The van der Waals surface area contributed by atoms with Gasteiger partial charge < -0.3 is 9.15 Å². The van der Waals surface area contributed by atoms with Crippen LogP contribution in [0.15, 0.2) is 52.0 Å². The number of nitrogens with zero attached hydrogens (tertiary/aromatic N) is 2. The molecule has 0 aliphatic rings. The molecule has 160 valence electrons. The van der Waals surface area contributed by atoms with E-state index in [2.05, 4.69) is 10.5 Å². The number of hydrogen-bond acceptors (Lipinski definition) is 6. The van der Waals surface area contributed by atoms with E-state index in [9.17, 15) is 14.9 Å². The van der Waals surface area contributed by atoms with Crippen LogP contribution in [-0.4, -0.2) is 23.7 Å². The molecular weight excluding hydrogens is 445 g/mol. The number of rotatable bonds is 7. The summed E-state index contributed by atoms with van der Waals surface area (Å²) in [6, 6.07) is 11.2. The molecule has 0 spiro atoms. The van der Waals surface area contributed by atoms with E-state index in [1.807, 2.05) is 0 Å². The molecule has 1 heterocycles. The zero-order valence-corrected chi connectivity index (χ0v) is 18.0. The first kappa shape index (κ1) is 22.3. The molecule has 10 heteroatoms. The molecule has 0 radical (unpaired) electrons. The standard InChI is InChI=1S/C21H17Cl2N3O5/c1-12-7-15(26(28)29)8-13(2)21(12)30-11-20(27)25-24-10-16-4-6-19(31-16)17-5-3-14(22)9-18(17)23/h3-10H,11H2,1-2H3,(H,25,27). The third-order valence-corrected chi connectivity index (χ3v) is 4.76. The van der Waals surface area contributed by atoms with Gasteiger partial charge in [0.25, 0.3) is 11.6 Å². The second kappa shape index (κ2) is 9.63. The first-order valence-electron chi connectivity index (χ1n) is 9.00. The number of ether oxygens (including phenoxy) is 1. The van der Waals surface area contributed by atoms with E-state index in [0.29, 0.717) is 44.0 Å². The number of nitro groups is 1. The molecule has 1 aromatic heterocycles. The Morgan fingerprint density at radius 3 is 2.55 bits per heavy atom. The topological polar surface area (TPSA) is 107 Å². The number of carbonyl (C=O) groups is 1. The predicted molar refractivity (Wildman–Crippen MR) is 118 cm³/mol. The van der Waals surface area contributed by atoms with E-state index in [1.54, 1.807) is 44.2 Å². The van der Waals surface area contributed by atoms with Crippen molar-refractivity contribution in [3.05, 3.63) is 79.5 Å². The quantitative estimate of drug-likeness (QED) is 0.291. The number of hydrazone groups is 1. The summed E-state index contributed by atoms with van der Waals surface area (Å²) in [5.74, 6) is 0.854. The molecule has 0 aliphatic heterocycles. The third kappa shape index (κ3) is 5.62. The summed E-state index contributed by atoms with van der Waals surface area (Å²) in [4.78, 5) is 22.4. The second-order valence-electron chi connectivity index (χ2n) is 6.57. The summed E-state index contributed by atoms with van der Waals surface area (Å²) >= 11 is 12.1. The molecule has 8 nitrogen and oxygen atoms in total. The van der Waals surface area contributed by atoms with Crippen molar-refractivity contribution in [2.24, 2.45) is 5.10 Å². The van der Waals surface area contributed by atoms with Gasteiger partial charge >= 0.3 is 0 Å². The number of non-ortho nitro benzene ring substituents is 1. The Morgan fingerprint density at radius 2 is 1.90 bits per heavy atom. The number of benzene rings is 2. The number of furan rings is 1. The van der Waals surface area contributed by atoms with Crippen molar-refractivity contribution in [2.45, 2.75) is 13.8 Å². The Labute approximate surface area is 187 Å². The molecule has 0 saturated carbocycles. The largest absolute Gasteiger partial charge is 0.483 e. The van der Waals surface area contributed by atoms with Crippen LogP contribution >= 0.6 is 23.2 Å². The van der Waals surface area contributed by atoms with Gasteiger partial charge in [0.2, 0.25) is 0 Å². The highest BCUT2D eigenvalue weighted by Crippen LogP contribution is 2.31. The molecule has 31 heavy (non-hydrogen) atoms. The Hall–Kier alpha value is -3.36. The smallest absolute Gasteiger partial charge is 0.277 e. The normalized spacial score (nSPS) is 11.0. The maximum Gasteiger partial charge on any atom is 0.277 e. The average molecular weight is 462 g/mol. The number of aryl methyl sites for hydroxylation is 2. The summed E-state index contributed by atoms with van der Waals surface area (Å²) in [5.41, 5.74) is 4.10. The minimum Gasteiger partial charge on any atom is -0.483 e. The number of amides is 1. The Bertz CT molecular complexity index is 1150. The van der Waals surface area contributed by atoms with Crippen molar-refractivity contribution in [3.8, 4) is 17.1 Å². The molecule has 3 rings (SSSR count). The van der Waals surface area contributed by atoms with Gasteiger partial charge in [-0.1, -0.05) is 23.2 Å². The zero-order chi connectivity index (χ0) is 22.5. The summed E-state index contributed by atoms with van der Waals surface area (Å²) in [6.07, 6.45) is 1.34. The lowest BCUT2D eigenvalue weighted by Crippen LogP contribution is -2.25. The lowest BCUT2D eigenvalue weighted by Gasteiger charge is -2.11. The van der Waals surface area contributed by atoms with Gasteiger partial charge in [-0.05, 0) is 55.3 Å². The van der Waals surface area contributed by atoms with E-state index < -0.39 is 10.8 Å². The van der Waals surface area contributed by atoms with Gasteiger partial charge in [-0.2, -0.15) is 5.10 Å². The maximum absolute atomic E-state index is 12.0. The van der Waals surface area contributed by atoms with Gasteiger partial charge in [0.05, 0.1) is 16.2 Å². The predicted octanol–water partition coefficient (Wildman–Crippen LogP) is 5.31. The fourth-order valence-electron chi connectivity index (χ4n) is 2.85. The van der Waals surface area contributed by atoms with Crippen molar-refractivity contribution >= 4 is 41.0 Å². The Balaban J connectivity index is 1.57. The Morgan fingerprint density at radius 1 is 1.19 bits per heavy atom. The molecule has 0 aliphatic carbocycles. The molecule has 0 bridgehead atoms. The van der Waals surface area contributed by atoms with Crippen LogP contribution in [0.25, 0.3) is 11.3 Å². The SMILES string of the molecule is Cc1cc([N+](=O)[O-])cc(C)c1OCC(=O)NN=Cc1ccc(-c2ccc(Cl)cc2Cl)o1. The van der Waals surface area contributed by atoms with Crippen LogP contribution in [0, 0.1) is 24.0 Å². The van der Waals surface area contributed by atoms with Crippen LogP contribution in [0.5, 0.6) is 5.75 Å². The van der Waals surface area contributed by atoms with Crippen LogP contribution < -0.4 is 10.2 Å². The monoisotopic (exact) mass is 461 g/mol. The van der Waals surface area contributed by atoms with E-state index in [4.69, 9.17) is 32.4 Å². The van der Waals surface area contributed by atoms with Crippen molar-refractivity contribution in [1.82, 2.24) is 5.43 Å². The van der Waals surface area contributed by atoms with Gasteiger partial charge in [-0.25, -0.2) is 5.43 Å². The molecule has 1 amide bonds. The molecule has 1 N–H and O–H groups in total. The highest BCUT2D eigenvalue weighted by atomic mass is 35.5. The average Bonchev–Trinajstić information content (AvgIpc) is 3.15. The molecule has 0 atom stereocenters. The molecule has 0 saturated heterocycles. The maximum atomic E-state index is 12.0. The summed E-state index contributed by atoms with van der Waals surface area (Å²) in [6.45, 7) is 3.04. The van der Waals surface area contributed by atoms with Crippen molar-refractivity contribution < 1.29 is 18.9 Å². The van der Waals surface area contributed by atoms with Crippen LogP contribution in [-0.2, 0) is 4.79 Å². The molecule has 2 aromatic carbocycles. The van der Waals surface area contributed by atoms with Crippen LogP contribution in [0.1, 0.15) is 16.9 Å². The number of halogens is 2. The number of hydrogen-bond donors (Lipinski definition) is 1.